The molecule has 8 heteroatoms. The zero-order chi connectivity index (χ0) is 23.6. The van der Waals surface area contributed by atoms with Crippen LogP contribution in [-0.4, -0.2) is 41.2 Å². The van der Waals surface area contributed by atoms with E-state index >= 15 is 0 Å². The molecule has 0 saturated heterocycles. The number of carbonyl (C=O) groups is 5. The average molecular weight is 448 g/mol. The van der Waals surface area contributed by atoms with Gasteiger partial charge in [-0.05, 0) is 54.3 Å². The molecule has 0 radical (unpaired) electrons. The zero-order valence-electron chi connectivity index (χ0n) is 18.1. The SMILES string of the molecule is CNCc1ccc2cc3c(c(O)c2c1)C(=O)C1C(=O)C2C(=O)C(C(N)=O)C(=O)CC2CC1C3. The van der Waals surface area contributed by atoms with E-state index in [2.05, 4.69) is 5.32 Å². The van der Waals surface area contributed by atoms with Crippen LogP contribution in [-0.2, 0) is 32.1 Å². The fourth-order valence-electron chi connectivity index (χ4n) is 6.12. The summed E-state index contributed by atoms with van der Waals surface area (Å²) in [5.74, 6) is -8.37. The molecule has 33 heavy (non-hydrogen) atoms. The van der Waals surface area contributed by atoms with Gasteiger partial charge in [-0.1, -0.05) is 18.2 Å². The number of nitrogens with one attached hydrogen (secondary N) is 1. The van der Waals surface area contributed by atoms with E-state index in [1.165, 1.54) is 0 Å². The van der Waals surface area contributed by atoms with Crippen LogP contribution < -0.4 is 11.1 Å². The number of aromatic hydroxyl groups is 1. The number of phenols is 1. The molecule has 2 saturated carbocycles. The van der Waals surface area contributed by atoms with Gasteiger partial charge in [-0.2, -0.15) is 0 Å². The van der Waals surface area contributed by atoms with Crippen molar-refractivity contribution in [1.82, 2.24) is 5.32 Å². The second-order valence-electron chi connectivity index (χ2n) is 9.44. The summed E-state index contributed by atoms with van der Waals surface area (Å²) in [5, 5.41) is 15.4. The van der Waals surface area contributed by atoms with Crippen molar-refractivity contribution in [2.24, 2.45) is 35.3 Å². The van der Waals surface area contributed by atoms with Crippen molar-refractivity contribution in [2.75, 3.05) is 7.05 Å². The Morgan fingerprint density at radius 3 is 2.48 bits per heavy atom. The van der Waals surface area contributed by atoms with E-state index in [0.717, 1.165) is 10.9 Å². The lowest BCUT2D eigenvalue weighted by Crippen LogP contribution is -2.56. The first kappa shape index (κ1) is 21.5. The Balaban J connectivity index is 1.57. The average Bonchev–Trinajstić information content (AvgIpc) is 2.73. The summed E-state index contributed by atoms with van der Waals surface area (Å²) in [6.07, 6.45) is 0.677. The van der Waals surface area contributed by atoms with Crippen LogP contribution in [0.4, 0.5) is 0 Å². The smallest absolute Gasteiger partial charge is 0.235 e. The molecule has 5 unspecified atom stereocenters. The molecule has 0 spiro atoms. The summed E-state index contributed by atoms with van der Waals surface area (Å²) >= 11 is 0. The van der Waals surface area contributed by atoms with Crippen LogP contribution in [0.3, 0.4) is 0 Å². The summed E-state index contributed by atoms with van der Waals surface area (Å²) in [6, 6.07) is 7.52. The topological polar surface area (TPSA) is 144 Å². The quantitative estimate of drug-likeness (QED) is 0.596. The number of rotatable bonds is 3. The molecule has 1 amide bonds. The number of ketones is 4. The van der Waals surface area contributed by atoms with E-state index in [9.17, 15) is 29.1 Å². The summed E-state index contributed by atoms with van der Waals surface area (Å²) in [4.78, 5) is 63.9. The maximum atomic E-state index is 13.5. The number of primary amides is 1. The standard InChI is InChI=1S/C25H24N2O6/c1-27-9-10-2-3-11-5-12-6-13-7-14-8-16(28)20(25(26)33)24(32)19(14)23(31)18(13)22(30)17(12)21(29)15(11)4-10/h2-5,13-14,18-20,27,29H,6-9H2,1H3,(H2,26,33). The van der Waals surface area contributed by atoms with Gasteiger partial charge in [0, 0.05) is 18.4 Å². The number of fused-ring (bicyclic) bond motifs is 4. The number of amides is 1. The molecule has 4 N–H and O–H groups in total. The van der Waals surface area contributed by atoms with Crippen molar-refractivity contribution in [1.29, 1.82) is 0 Å². The van der Waals surface area contributed by atoms with Gasteiger partial charge in [0.05, 0.1) is 17.4 Å². The van der Waals surface area contributed by atoms with Gasteiger partial charge in [0.15, 0.2) is 29.1 Å². The first-order valence-electron chi connectivity index (χ1n) is 11.1. The Labute approximate surface area is 189 Å². The maximum Gasteiger partial charge on any atom is 0.235 e. The van der Waals surface area contributed by atoms with Crippen molar-refractivity contribution in [2.45, 2.75) is 25.8 Å². The summed E-state index contributed by atoms with van der Waals surface area (Å²) in [7, 11) is 1.81. The van der Waals surface area contributed by atoms with E-state index in [1.54, 1.807) is 0 Å². The molecule has 2 aromatic rings. The third-order valence-corrected chi connectivity index (χ3v) is 7.47. The molecular formula is C25H24N2O6. The number of carbonyl (C=O) groups excluding carboxylic acids is 5. The molecule has 2 fully saturated rings. The third kappa shape index (κ3) is 3.12. The second-order valence-corrected chi connectivity index (χ2v) is 9.44. The minimum absolute atomic E-state index is 0.0722. The van der Waals surface area contributed by atoms with Crippen LogP contribution >= 0.6 is 0 Å². The first-order chi connectivity index (χ1) is 15.7. The van der Waals surface area contributed by atoms with Crippen molar-refractivity contribution in [3.8, 4) is 5.75 Å². The number of benzene rings is 2. The van der Waals surface area contributed by atoms with E-state index in [0.29, 0.717) is 30.3 Å². The fraction of sp³-hybridized carbons (Fsp3) is 0.400. The van der Waals surface area contributed by atoms with E-state index in [4.69, 9.17) is 5.73 Å². The highest BCUT2D eigenvalue weighted by atomic mass is 16.3. The predicted octanol–water partition coefficient (Wildman–Crippen LogP) is 1.08. The number of nitrogens with two attached hydrogens (primary N) is 1. The lowest BCUT2D eigenvalue weighted by Gasteiger charge is -2.44. The van der Waals surface area contributed by atoms with Crippen LogP contribution in [0.25, 0.3) is 10.8 Å². The van der Waals surface area contributed by atoms with E-state index < -0.39 is 52.7 Å². The Hall–Kier alpha value is -3.39. The molecule has 3 aliphatic carbocycles. The summed E-state index contributed by atoms with van der Waals surface area (Å²) in [5.41, 5.74) is 6.98. The molecule has 0 heterocycles. The van der Waals surface area contributed by atoms with Gasteiger partial charge in [-0.25, -0.2) is 0 Å². The molecule has 5 rings (SSSR count). The first-order valence-corrected chi connectivity index (χ1v) is 11.1. The van der Waals surface area contributed by atoms with Gasteiger partial charge in [-0.3, -0.25) is 24.0 Å². The highest BCUT2D eigenvalue weighted by molar-refractivity contribution is 6.28. The molecule has 0 aromatic heterocycles. The molecular weight excluding hydrogens is 424 g/mol. The monoisotopic (exact) mass is 448 g/mol. The number of phenolic OH excluding ortho intramolecular Hbond substituents is 1. The predicted molar refractivity (Wildman–Crippen MR) is 117 cm³/mol. The Bertz CT molecular complexity index is 1270. The second kappa shape index (κ2) is 7.59. The van der Waals surface area contributed by atoms with Gasteiger partial charge >= 0.3 is 0 Å². The van der Waals surface area contributed by atoms with Crippen LogP contribution in [0.2, 0.25) is 0 Å². The van der Waals surface area contributed by atoms with Crippen molar-refractivity contribution in [3.05, 3.63) is 41.0 Å². The molecule has 170 valence electrons. The lowest BCUT2D eigenvalue weighted by atomic mass is 9.56. The molecule has 0 aliphatic heterocycles. The molecule has 8 nitrogen and oxygen atoms in total. The fourth-order valence-corrected chi connectivity index (χ4v) is 6.12. The summed E-state index contributed by atoms with van der Waals surface area (Å²) in [6.45, 7) is 0.592. The van der Waals surface area contributed by atoms with Gasteiger partial charge in [0.25, 0.3) is 0 Å². The highest BCUT2D eigenvalue weighted by Crippen LogP contribution is 2.49. The largest absolute Gasteiger partial charge is 0.507 e. The van der Waals surface area contributed by atoms with Crippen LogP contribution in [0.5, 0.6) is 5.75 Å². The Kier molecular flexibility index (Phi) is 4.93. The Morgan fingerprint density at radius 1 is 1.06 bits per heavy atom. The minimum Gasteiger partial charge on any atom is -0.507 e. The van der Waals surface area contributed by atoms with Crippen LogP contribution in [0.1, 0.15) is 34.3 Å². The van der Waals surface area contributed by atoms with Gasteiger partial charge in [0.1, 0.15) is 5.75 Å². The van der Waals surface area contributed by atoms with Gasteiger partial charge in [0.2, 0.25) is 5.91 Å². The third-order valence-electron chi connectivity index (χ3n) is 7.47. The van der Waals surface area contributed by atoms with Crippen LogP contribution in [0, 0.1) is 29.6 Å². The Morgan fingerprint density at radius 2 is 1.79 bits per heavy atom. The zero-order valence-corrected chi connectivity index (χ0v) is 18.1. The van der Waals surface area contributed by atoms with Gasteiger partial charge < -0.3 is 16.2 Å². The van der Waals surface area contributed by atoms with Crippen LogP contribution in [0.15, 0.2) is 24.3 Å². The number of hydrogen-bond acceptors (Lipinski definition) is 7. The van der Waals surface area contributed by atoms with E-state index in [-0.39, 0.29) is 23.7 Å². The highest BCUT2D eigenvalue weighted by Gasteiger charge is 2.57. The lowest BCUT2D eigenvalue weighted by molar-refractivity contribution is -0.152. The summed E-state index contributed by atoms with van der Waals surface area (Å²) < 4.78 is 0. The van der Waals surface area contributed by atoms with Crippen molar-refractivity contribution < 1.29 is 29.1 Å². The molecule has 2 aromatic carbocycles. The number of hydrogen-bond donors (Lipinski definition) is 3. The minimum atomic E-state index is -1.62. The maximum absolute atomic E-state index is 13.5. The molecule has 5 atom stereocenters. The van der Waals surface area contributed by atoms with Crippen molar-refractivity contribution >= 4 is 39.8 Å². The molecule has 3 aliphatic rings. The van der Waals surface area contributed by atoms with Gasteiger partial charge in [-0.15, -0.1) is 0 Å². The number of Topliss-reactive ketones (excluding diaryl/α,β-unsaturated/α-hetero) is 4. The van der Waals surface area contributed by atoms with E-state index in [1.807, 2.05) is 31.3 Å². The normalized spacial score (nSPS) is 28.9. The molecule has 0 bridgehead atoms. The van der Waals surface area contributed by atoms with Crippen molar-refractivity contribution in [3.63, 3.8) is 0 Å².